The molecule has 2 nitrogen and oxygen atoms in total. The quantitative estimate of drug-likeness (QED) is 0.108. The maximum absolute atomic E-state index is 7.38. The smallest absolute Gasteiger partial charge is 0.113 e. The Morgan fingerprint density at radius 3 is 0.870 bits per heavy atom. The highest BCUT2D eigenvalue weighted by atomic mass is 32.3. The summed E-state index contributed by atoms with van der Waals surface area (Å²) in [5, 5.41) is 4.14. The number of hydrogen-bond donors (Lipinski definition) is 0. The highest BCUT2D eigenvalue weighted by Gasteiger charge is 2.38. The Balaban J connectivity index is 1.06. The van der Waals surface area contributed by atoms with Gasteiger partial charge in [0, 0.05) is 77.5 Å². The molecule has 0 aliphatic heterocycles. The van der Waals surface area contributed by atoms with Gasteiger partial charge in [-0.05, 0) is 145 Å². The lowest BCUT2D eigenvalue weighted by molar-refractivity contribution is 1.16. The molecule has 0 N–H and O–H groups in total. The molecule has 0 saturated carbocycles. The molecule has 410 valence electrons. The largest absolute Gasteiger partial charge is 0.309 e. The summed E-state index contributed by atoms with van der Waals surface area (Å²) in [5.74, 6) is 0. The molecule has 15 rings (SSSR count). The summed E-state index contributed by atoms with van der Waals surface area (Å²) >= 11 is 0. The molecule has 0 fully saturated rings. The molecule has 0 bridgehead atoms. The van der Waals surface area contributed by atoms with Gasteiger partial charge < -0.3 is 9.13 Å². The minimum Gasteiger partial charge on any atom is -0.309 e. The lowest BCUT2D eigenvalue weighted by Gasteiger charge is -2.43. The van der Waals surface area contributed by atoms with E-state index in [9.17, 15) is 0 Å². The van der Waals surface area contributed by atoms with Crippen molar-refractivity contribution in [3.8, 4) is 33.6 Å². The van der Waals surface area contributed by atoms with Crippen LogP contribution in [0.4, 0.5) is 0 Å². The Morgan fingerprint density at radius 1 is 0.207 bits per heavy atom. The lowest BCUT2D eigenvalue weighted by atomic mass is 9.58. The summed E-state index contributed by atoms with van der Waals surface area (Å²) in [6, 6.07) is 99.3. The fraction of sp³-hybridized carbons (Fsp3) is 0. The van der Waals surface area contributed by atoms with Crippen LogP contribution in [0.25, 0.3) is 77.2 Å². The van der Waals surface area contributed by atoms with E-state index in [-0.39, 0.29) is 54.6 Å². The first-order chi connectivity index (χ1) is 44.8. The van der Waals surface area contributed by atoms with Gasteiger partial charge in [0.1, 0.15) is 78.5 Å². The van der Waals surface area contributed by atoms with Crippen molar-refractivity contribution in [2.45, 2.75) is 39.2 Å². The third kappa shape index (κ3) is 9.03. The molecular weight excluding hydrogens is 1140 g/mol. The van der Waals surface area contributed by atoms with Crippen molar-refractivity contribution in [1.29, 1.82) is 0 Å². The summed E-state index contributed by atoms with van der Waals surface area (Å²) < 4.78 is 4.59. The standard InChI is InChI=1S/C78H46B10N2S2/c79-68-66(69(80)73(84)76(87)72(68)83)60-45-55(92(51-29-13-4-14-30-51,52-31-15-5-16-32-52)53-33-17-6-18-34-53)46-61(67-70(81)74(85)77(88)75(86)71(67)82)78(60)90-63-38-22-20-35-56(63)58-43-47(39-41-65(58)90)89-62-37-21-19-36-57(62)59-44-54(40-42-64(59)89)91(48-23-7-1-8-24-48,49-25-9-2-10-26-49)50-27-11-3-12-28-50/h1-46H. The second-order valence-corrected chi connectivity index (χ2v) is 29.2. The number of rotatable bonds is 12. The van der Waals surface area contributed by atoms with Crippen molar-refractivity contribution in [2.75, 3.05) is 0 Å². The lowest BCUT2D eigenvalue weighted by Crippen LogP contribution is -2.55. The van der Waals surface area contributed by atoms with Gasteiger partial charge in [-0.3, -0.25) is 0 Å². The Morgan fingerprint density at radius 2 is 0.489 bits per heavy atom. The summed E-state index contributed by atoms with van der Waals surface area (Å²) in [6.07, 6.45) is 0. The number of fused-ring (bicyclic) bond motifs is 6. The van der Waals surface area contributed by atoms with Crippen molar-refractivity contribution < 1.29 is 0 Å². The van der Waals surface area contributed by atoms with Crippen LogP contribution < -0.4 is 54.6 Å². The van der Waals surface area contributed by atoms with Gasteiger partial charge in [-0.25, -0.2) is 0 Å². The SMILES string of the molecule is [B]c1c([B])c([B])c(-c2cc(S(c3ccccc3)(c3ccccc3)c3ccccc3)cc(-c3c([B])c([B])c([B])c([B])c3[B])c2-n2c3ccccc3c3cc(-n4c5ccccc5c5cc(S(c6ccccc6)(c6ccccc6)c6ccccc6)ccc54)ccc32)c([B])c1[B]. The van der Waals surface area contributed by atoms with Gasteiger partial charge in [0.2, 0.25) is 0 Å². The van der Waals surface area contributed by atoms with E-state index in [2.05, 4.69) is 264 Å². The second kappa shape index (κ2) is 23.5. The number of aromatic nitrogens is 2. The monoisotopic (exact) mass is 1180 g/mol. The third-order valence-electron chi connectivity index (χ3n) is 18.1. The van der Waals surface area contributed by atoms with Crippen LogP contribution in [-0.2, 0) is 0 Å². The van der Waals surface area contributed by atoms with Crippen LogP contribution >= 0.6 is 20.1 Å². The van der Waals surface area contributed by atoms with Gasteiger partial charge in [-0.15, -0.1) is 52.8 Å². The van der Waals surface area contributed by atoms with Gasteiger partial charge in [-0.2, -0.15) is 0 Å². The van der Waals surface area contributed by atoms with E-state index < -0.39 is 20.1 Å². The normalized spacial score (nSPS) is 12.3. The van der Waals surface area contributed by atoms with Crippen molar-refractivity contribution >= 4 is 197 Å². The molecule has 0 amide bonds. The highest BCUT2D eigenvalue weighted by Crippen LogP contribution is 2.75. The Bertz CT molecular complexity index is 5060. The summed E-state index contributed by atoms with van der Waals surface area (Å²) in [4.78, 5) is 8.91. The summed E-state index contributed by atoms with van der Waals surface area (Å²) in [5.41, 5.74) is 8.05. The second-order valence-electron chi connectivity index (χ2n) is 22.9. The number of para-hydroxylation sites is 2. The zero-order valence-electron chi connectivity index (χ0n) is 50.0. The van der Waals surface area contributed by atoms with E-state index >= 15 is 0 Å². The molecule has 2 heterocycles. The molecule has 0 atom stereocenters. The van der Waals surface area contributed by atoms with Crippen LogP contribution in [0, 0.1) is 0 Å². The van der Waals surface area contributed by atoms with Gasteiger partial charge in [-0.1, -0.05) is 167 Å². The maximum atomic E-state index is 7.38. The predicted molar refractivity (Wildman–Crippen MR) is 400 cm³/mol. The van der Waals surface area contributed by atoms with E-state index in [0.717, 1.165) is 68.9 Å². The molecule has 0 spiro atoms. The molecule has 2 aromatic heterocycles. The van der Waals surface area contributed by atoms with Crippen molar-refractivity contribution in [2.24, 2.45) is 0 Å². The van der Waals surface area contributed by atoms with Crippen LogP contribution in [-0.4, -0.2) is 87.6 Å². The van der Waals surface area contributed by atoms with Gasteiger partial charge >= 0.3 is 0 Å². The number of nitrogens with zero attached hydrogens (tertiary/aromatic N) is 2. The third-order valence-corrected chi connectivity index (χ3v) is 25.9. The van der Waals surface area contributed by atoms with Crippen LogP contribution in [0.15, 0.2) is 318 Å². The zero-order chi connectivity index (χ0) is 63.2. The fourth-order valence-corrected chi connectivity index (χ4v) is 21.6. The van der Waals surface area contributed by atoms with E-state index in [0.29, 0.717) is 27.9 Å². The molecule has 0 aliphatic carbocycles. The Hall–Kier alpha value is -9.19. The molecule has 92 heavy (non-hydrogen) atoms. The zero-order valence-corrected chi connectivity index (χ0v) is 51.7. The first kappa shape index (κ1) is 59.1. The summed E-state index contributed by atoms with van der Waals surface area (Å²) in [6.45, 7) is 0. The molecule has 0 saturated heterocycles. The van der Waals surface area contributed by atoms with Gasteiger partial charge in [0.05, 0.1) is 27.8 Å². The van der Waals surface area contributed by atoms with Crippen molar-refractivity contribution in [1.82, 2.24) is 9.13 Å². The fourth-order valence-electron chi connectivity index (χ4n) is 13.8. The van der Waals surface area contributed by atoms with E-state index in [4.69, 9.17) is 78.5 Å². The maximum Gasteiger partial charge on any atom is 0.113 e. The minimum atomic E-state index is -2.52. The van der Waals surface area contributed by atoms with Crippen LogP contribution in [0.1, 0.15) is 0 Å². The van der Waals surface area contributed by atoms with Gasteiger partial charge in [0.15, 0.2) is 0 Å². The molecule has 0 aliphatic rings. The number of hydrogen-bond acceptors (Lipinski definition) is 0. The molecule has 0 unspecified atom stereocenters. The Kier molecular flexibility index (Phi) is 15.1. The van der Waals surface area contributed by atoms with E-state index in [1.165, 1.54) is 19.6 Å². The first-order valence-corrected chi connectivity index (χ1v) is 33.4. The molecule has 15 aromatic rings. The first-order valence-electron chi connectivity index (χ1n) is 30.1. The summed E-state index contributed by atoms with van der Waals surface area (Å²) in [7, 11) is 66.2. The van der Waals surface area contributed by atoms with E-state index in [1.807, 2.05) is 24.3 Å². The molecule has 14 heteroatoms. The topological polar surface area (TPSA) is 9.86 Å². The van der Waals surface area contributed by atoms with Crippen LogP contribution in [0.3, 0.4) is 0 Å². The molecule has 20 radical (unpaired) electrons. The van der Waals surface area contributed by atoms with Crippen molar-refractivity contribution in [3.05, 3.63) is 279 Å². The average molecular weight is 1180 g/mol. The van der Waals surface area contributed by atoms with Crippen molar-refractivity contribution in [3.63, 3.8) is 0 Å². The predicted octanol–water partition coefficient (Wildman–Crippen LogP) is 9.83. The van der Waals surface area contributed by atoms with Gasteiger partial charge in [0.25, 0.3) is 0 Å². The minimum absolute atomic E-state index is 0.0712. The molecule has 13 aromatic carbocycles. The molecular formula is C78H46B10N2S2. The average Bonchev–Trinajstić information content (AvgIpc) is 1.45. The van der Waals surface area contributed by atoms with E-state index in [1.54, 1.807) is 0 Å². The Labute approximate surface area is 553 Å². The highest BCUT2D eigenvalue weighted by molar-refractivity contribution is 8.34. The van der Waals surface area contributed by atoms with Crippen LogP contribution in [0.2, 0.25) is 0 Å². The number of benzene rings is 13. The van der Waals surface area contributed by atoms with Crippen LogP contribution in [0.5, 0.6) is 0 Å².